The molecule has 5 nitrogen and oxygen atoms in total. The topological polar surface area (TPSA) is 70.5 Å². The number of rotatable bonds is 3. The van der Waals surface area contributed by atoms with E-state index in [4.69, 9.17) is 16.7 Å². The van der Waals surface area contributed by atoms with Gasteiger partial charge in [-0.05, 0) is 41.8 Å². The lowest BCUT2D eigenvalue weighted by molar-refractivity contribution is 0.0687. The van der Waals surface area contributed by atoms with Crippen LogP contribution in [-0.4, -0.2) is 40.0 Å². The third kappa shape index (κ3) is 3.46. The summed E-state index contributed by atoms with van der Waals surface area (Å²) in [5.41, 5.74) is 2.62. The van der Waals surface area contributed by atoms with E-state index in [1.165, 1.54) is 23.9 Å². The molecule has 1 aliphatic rings. The number of carbonyl (C=O) groups is 2. The van der Waals surface area contributed by atoms with Crippen molar-refractivity contribution in [2.45, 2.75) is 6.42 Å². The van der Waals surface area contributed by atoms with Gasteiger partial charge in [-0.2, -0.15) is 0 Å². The quantitative estimate of drug-likeness (QED) is 0.928. The highest BCUT2D eigenvalue weighted by molar-refractivity contribution is 6.30. The minimum Gasteiger partial charge on any atom is -0.477 e. The summed E-state index contributed by atoms with van der Waals surface area (Å²) in [5, 5.41) is 9.54. The molecule has 0 fully saturated rings. The van der Waals surface area contributed by atoms with Gasteiger partial charge in [-0.3, -0.25) is 4.79 Å². The molecule has 0 bridgehead atoms. The standard InChI is InChI=1S/C18H15ClN2O3/c19-15-4-1-12(2-5-15)13-7-9-21(10-8-13)17(22)14-3-6-16(18(23)24)20-11-14/h1-7,11H,8-10H2,(H,23,24). The second kappa shape index (κ2) is 6.84. The summed E-state index contributed by atoms with van der Waals surface area (Å²) in [7, 11) is 0. The summed E-state index contributed by atoms with van der Waals surface area (Å²) in [6.07, 6.45) is 4.10. The van der Waals surface area contributed by atoms with Gasteiger partial charge in [-0.25, -0.2) is 9.78 Å². The molecule has 0 aliphatic carbocycles. The molecule has 0 spiro atoms. The summed E-state index contributed by atoms with van der Waals surface area (Å²) >= 11 is 5.90. The van der Waals surface area contributed by atoms with E-state index in [0.29, 0.717) is 23.7 Å². The molecular weight excluding hydrogens is 328 g/mol. The van der Waals surface area contributed by atoms with Crippen molar-refractivity contribution in [1.82, 2.24) is 9.88 Å². The van der Waals surface area contributed by atoms with Crippen molar-refractivity contribution in [2.75, 3.05) is 13.1 Å². The maximum absolute atomic E-state index is 12.5. The summed E-state index contributed by atoms with van der Waals surface area (Å²) in [5.74, 6) is -1.26. The Morgan fingerprint density at radius 3 is 2.42 bits per heavy atom. The highest BCUT2D eigenvalue weighted by atomic mass is 35.5. The van der Waals surface area contributed by atoms with E-state index in [9.17, 15) is 9.59 Å². The predicted molar refractivity (Wildman–Crippen MR) is 91.1 cm³/mol. The Labute approximate surface area is 144 Å². The Kier molecular flexibility index (Phi) is 4.62. The lowest BCUT2D eigenvalue weighted by atomic mass is 9.99. The molecule has 0 saturated heterocycles. The summed E-state index contributed by atoms with van der Waals surface area (Å²) in [4.78, 5) is 28.8. The monoisotopic (exact) mass is 342 g/mol. The van der Waals surface area contributed by atoms with Gasteiger partial charge in [0.15, 0.2) is 0 Å². The van der Waals surface area contributed by atoms with Crippen LogP contribution in [0.5, 0.6) is 0 Å². The number of hydrogen-bond donors (Lipinski definition) is 1. The molecule has 1 amide bonds. The Hall–Kier alpha value is -2.66. The van der Waals surface area contributed by atoms with Gasteiger partial charge in [0.1, 0.15) is 5.69 Å². The first kappa shape index (κ1) is 16.2. The van der Waals surface area contributed by atoms with Crippen molar-refractivity contribution in [3.8, 4) is 0 Å². The highest BCUT2D eigenvalue weighted by Crippen LogP contribution is 2.24. The van der Waals surface area contributed by atoms with E-state index >= 15 is 0 Å². The van der Waals surface area contributed by atoms with Crippen LogP contribution in [0.4, 0.5) is 0 Å². The number of hydrogen-bond acceptors (Lipinski definition) is 3. The summed E-state index contributed by atoms with van der Waals surface area (Å²) in [6, 6.07) is 10.5. The molecule has 122 valence electrons. The van der Waals surface area contributed by atoms with Gasteiger partial charge < -0.3 is 10.0 Å². The zero-order valence-electron chi connectivity index (χ0n) is 12.8. The van der Waals surface area contributed by atoms with Gasteiger partial charge in [0.25, 0.3) is 5.91 Å². The van der Waals surface area contributed by atoms with Crippen molar-refractivity contribution in [3.05, 3.63) is 70.5 Å². The third-order valence-electron chi connectivity index (χ3n) is 3.94. The van der Waals surface area contributed by atoms with E-state index < -0.39 is 5.97 Å². The molecule has 0 unspecified atom stereocenters. The minimum atomic E-state index is -1.11. The fraction of sp³-hybridized carbons (Fsp3) is 0.167. The van der Waals surface area contributed by atoms with Crippen LogP contribution in [-0.2, 0) is 0 Å². The molecule has 1 aromatic heterocycles. The molecule has 0 atom stereocenters. The molecule has 2 heterocycles. The number of aromatic carboxylic acids is 1. The van der Waals surface area contributed by atoms with Crippen molar-refractivity contribution in [1.29, 1.82) is 0 Å². The molecule has 3 rings (SSSR count). The Balaban J connectivity index is 1.70. The SMILES string of the molecule is O=C(O)c1ccc(C(=O)N2CC=C(c3ccc(Cl)cc3)CC2)cn1. The summed E-state index contributed by atoms with van der Waals surface area (Å²) < 4.78 is 0. The first-order valence-corrected chi connectivity index (χ1v) is 7.86. The van der Waals surface area contributed by atoms with Gasteiger partial charge in [0.05, 0.1) is 5.56 Å². The number of carbonyl (C=O) groups excluding carboxylic acids is 1. The number of halogens is 1. The zero-order chi connectivity index (χ0) is 17.1. The lowest BCUT2D eigenvalue weighted by Gasteiger charge is -2.26. The Bertz CT molecular complexity index is 798. The van der Waals surface area contributed by atoms with Crippen LogP contribution < -0.4 is 0 Å². The third-order valence-corrected chi connectivity index (χ3v) is 4.19. The molecule has 2 aromatic rings. The number of carboxylic acids is 1. The van der Waals surface area contributed by atoms with E-state index in [1.54, 1.807) is 4.90 Å². The van der Waals surface area contributed by atoms with Gasteiger partial charge in [-0.15, -0.1) is 0 Å². The average molecular weight is 343 g/mol. The summed E-state index contributed by atoms with van der Waals surface area (Å²) in [6.45, 7) is 1.12. The Morgan fingerprint density at radius 1 is 1.12 bits per heavy atom. The van der Waals surface area contributed by atoms with Crippen molar-refractivity contribution in [3.63, 3.8) is 0 Å². The zero-order valence-corrected chi connectivity index (χ0v) is 13.5. The molecule has 1 aromatic carbocycles. The number of aromatic nitrogens is 1. The van der Waals surface area contributed by atoms with Crippen LogP contribution in [0.2, 0.25) is 5.02 Å². The molecule has 0 saturated carbocycles. The molecule has 0 radical (unpaired) electrons. The van der Waals surface area contributed by atoms with Crippen molar-refractivity contribution in [2.24, 2.45) is 0 Å². The van der Waals surface area contributed by atoms with Crippen molar-refractivity contribution < 1.29 is 14.7 Å². The Morgan fingerprint density at radius 2 is 1.88 bits per heavy atom. The second-order valence-corrected chi connectivity index (χ2v) is 5.91. The van der Waals surface area contributed by atoms with Crippen LogP contribution in [0.15, 0.2) is 48.7 Å². The van der Waals surface area contributed by atoms with Gasteiger partial charge in [-0.1, -0.05) is 29.8 Å². The fourth-order valence-electron chi connectivity index (χ4n) is 2.61. The largest absolute Gasteiger partial charge is 0.477 e. The fourth-order valence-corrected chi connectivity index (χ4v) is 2.74. The van der Waals surface area contributed by atoms with Gasteiger partial charge in [0, 0.05) is 24.3 Å². The van der Waals surface area contributed by atoms with E-state index in [0.717, 1.165) is 12.0 Å². The molecule has 1 N–H and O–H groups in total. The van der Waals surface area contributed by atoms with Crippen LogP contribution >= 0.6 is 11.6 Å². The lowest BCUT2D eigenvalue weighted by Crippen LogP contribution is -2.34. The maximum Gasteiger partial charge on any atom is 0.354 e. The molecule has 24 heavy (non-hydrogen) atoms. The first-order valence-electron chi connectivity index (χ1n) is 7.48. The maximum atomic E-state index is 12.5. The number of nitrogens with zero attached hydrogens (tertiary/aromatic N) is 2. The molecule has 6 heteroatoms. The van der Waals surface area contributed by atoms with Crippen LogP contribution in [0.3, 0.4) is 0 Å². The number of carboxylic acid groups (broad SMARTS) is 1. The predicted octanol–water partition coefficient (Wildman–Crippen LogP) is 3.36. The normalized spacial score (nSPS) is 14.2. The van der Waals surface area contributed by atoms with Crippen LogP contribution in [0.25, 0.3) is 5.57 Å². The minimum absolute atomic E-state index is 0.0740. The van der Waals surface area contributed by atoms with E-state index in [1.807, 2.05) is 30.3 Å². The first-order chi connectivity index (χ1) is 11.5. The van der Waals surface area contributed by atoms with E-state index in [-0.39, 0.29) is 11.6 Å². The van der Waals surface area contributed by atoms with Gasteiger partial charge >= 0.3 is 5.97 Å². The van der Waals surface area contributed by atoms with Crippen LogP contribution in [0, 0.1) is 0 Å². The van der Waals surface area contributed by atoms with Crippen molar-refractivity contribution >= 4 is 29.1 Å². The number of benzene rings is 1. The molecule has 1 aliphatic heterocycles. The van der Waals surface area contributed by atoms with Gasteiger partial charge in [0.2, 0.25) is 0 Å². The number of pyridine rings is 1. The van der Waals surface area contributed by atoms with E-state index in [2.05, 4.69) is 4.98 Å². The molecular formula is C18H15ClN2O3. The highest BCUT2D eigenvalue weighted by Gasteiger charge is 2.20. The smallest absolute Gasteiger partial charge is 0.354 e. The van der Waals surface area contributed by atoms with Crippen LogP contribution in [0.1, 0.15) is 32.8 Å². The average Bonchev–Trinajstić information content (AvgIpc) is 2.62. The second-order valence-electron chi connectivity index (χ2n) is 5.47. The number of amides is 1.